The van der Waals surface area contributed by atoms with Crippen LogP contribution in [0, 0.1) is 0 Å². The van der Waals surface area contributed by atoms with Crippen molar-refractivity contribution in [3.8, 4) is 39.2 Å². The molecule has 0 fully saturated rings. The van der Waals surface area contributed by atoms with Gasteiger partial charge >= 0.3 is 0 Å². The van der Waals surface area contributed by atoms with E-state index in [0.29, 0.717) is 0 Å². The van der Waals surface area contributed by atoms with E-state index < -0.39 is 5.41 Å². The predicted octanol–water partition coefficient (Wildman–Crippen LogP) is 11.9. The first-order valence-corrected chi connectivity index (χ1v) is 17.6. The van der Waals surface area contributed by atoms with Gasteiger partial charge in [0.05, 0.1) is 33.5 Å². The molecule has 2 heteroatoms. The summed E-state index contributed by atoms with van der Waals surface area (Å²) in [6, 6.07) is 56.2. The van der Waals surface area contributed by atoms with E-state index in [0.717, 1.165) is 29.8 Å². The molecule has 0 radical (unpaired) electrons. The van der Waals surface area contributed by atoms with Gasteiger partial charge in [0.15, 0.2) is 0 Å². The number of allylic oxidation sites excluding steroid dienone is 4. The summed E-state index contributed by atoms with van der Waals surface area (Å²) in [6.07, 6.45) is 8.94. The number of hydrogen-bond acceptors (Lipinski definition) is 1. The highest BCUT2D eigenvalue weighted by atomic mass is 15.0. The van der Waals surface area contributed by atoms with Crippen LogP contribution in [-0.2, 0) is 5.41 Å². The Balaban J connectivity index is 1.20. The lowest BCUT2D eigenvalue weighted by molar-refractivity contribution is 0.748. The van der Waals surface area contributed by atoms with Gasteiger partial charge in [-0.3, -0.25) is 0 Å². The summed E-state index contributed by atoms with van der Waals surface area (Å²) < 4.78 is 2.53. The van der Waals surface area contributed by atoms with Crippen molar-refractivity contribution in [2.24, 2.45) is 0 Å². The summed E-state index contributed by atoms with van der Waals surface area (Å²) >= 11 is 0. The number of benzene rings is 6. The second-order valence-corrected chi connectivity index (χ2v) is 13.8. The molecule has 6 aromatic carbocycles. The first-order valence-electron chi connectivity index (χ1n) is 17.6. The summed E-state index contributed by atoms with van der Waals surface area (Å²) in [5.41, 5.74) is 18.1. The van der Waals surface area contributed by atoms with Crippen molar-refractivity contribution in [1.29, 1.82) is 0 Å². The molecule has 3 aliphatic rings. The molecule has 50 heavy (non-hydrogen) atoms. The molecule has 0 saturated heterocycles. The maximum atomic E-state index is 5.18. The van der Waals surface area contributed by atoms with Gasteiger partial charge in [-0.25, -0.2) is 4.98 Å². The Morgan fingerprint density at radius 3 is 1.98 bits per heavy atom. The van der Waals surface area contributed by atoms with Gasteiger partial charge in [0.2, 0.25) is 0 Å². The van der Waals surface area contributed by atoms with Gasteiger partial charge in [-0.15, -0.1) is 0 Å². The molecule has 2 nitrogen and oxygen atoms in total. The maximum Gasteiger partial charge on any atom is 0.0754 e. The van der Waals surface area contributed by atoms with Crippen molar-refractivity contribution >= 4 is 27.4 Å². The average Bonchev–Trinajstić information content (AvgIpc) is 3.69. The van der Waals surface area contributed by atoms with Gasteiger partial charge in [-0.2, -0.15) is 0 Å². The fourth-order valence-electron chi connectivity index (χ4n) is 9.15. The molecule has 234 valence electrons. The summed E-state index contributed by atoms with van der Waals surface area (Å²) in [5, 5.41) is 2.55. The Labute approximate surface area is 291 Å². The molecule has 0 amide bonds. The van der Waals surface area contributed by atoms with Crippen LogP contribution in [0.15, 0.2) is 170 Å². The largest absolute Gasteiger partial charge is 0.309 e. The molecule has 2 aromatic heterocycles. The quantitative estimate of drug-likeness (QED) is 0.189. The fraction of sp³-hybridized carbons (Fsp3) is 0.0625. The lowest BCUT2D eigenvalue weighted by atomic mass is 9.65. The molecule has 3 heterocycles. The second-order valence-electron chi connectivity index (χ2n) is 13.8. The lowest BCUT2D eigenvalue weighted by Gasteiger charge is -2.39. The van der Waals surface area contributed by atoms with E-state index in [9.17, 15) is 0 Å². The summed E-state index contributed by atoms with van der Waals surface area (Å²) in [7, 11) is 0. The van der Waals surface area contributed by atoms with E-state index in [-0.39, 0.29) is 0 Å². The van der Waals surface area contributed by atoms with Gasteiger partial charge in [0.1, 0.15) is 0 Å². The molecular weight excluding hydrogens is 605 g/mol. The highest BCUT2D eigenvalue weighted by Crippen LogP contribution is 2.60. The van der Waals surface area contributed by atoms with E-state index in [4.69, 9.17) is 4.98 Å². The highest BCUT2D eigenvalue weighted by Gasteiger charge is 2.50. The van der Waals surface area contributed by atoms with Crippen molar-refractivity contribution in [1.82, 2.24) is 9.55 Å². The van der Waals surface area contributed by atoms with Crippen LogP contribution in [0.5, 0.6) is 0 Å². The van der Waals surface area contributed by atoms with Crippen molar-refractivity contribution in [2.45, 2.75) is 18.3 Å². The first-order chi connectivity index (χ1) is 24.8. The molecule has 0 unspecified atom stereocenters. The van der Waals surface area contributed by atoms with Crippen LogP contribution in [0.4, 0.5) is 0 Å². The van der Waals surface area contributed by atoms with Gasteiger partial charge < -0.3 is 4.57 Å². The normalized spacial score (nSPS) is 14.8. The van der Waals surface area contributed by atoms with Crippen LogP contribution in [0.3, 0.4) is 0 Å². The Kier molecular flexibility index (Phi) is 5.74. The predicted molar refractivity (Wildman–Crippen MR) is 207 cm³/mol. The van der Waals surface area contributed by atoms with Crippen LogP contribution in [-0.4, -0.2) is 9.55 Å². The number of aromatic nitrogens is 2. The number of rotatable bonds is 3. The Bertz CT molecular complexity index is 2710. The molecule has 8 aromatic rings. The molecule has 1 spiro atoms. The minimum atomic E-state index is -0.400. The first kappa shape index (κ1) is 27.7. The topological polar surface area (TPSA) is 17.8 Å². The number of para-hydroxylation sites is 2. The smallest absolute Gasteiger partial charge is 0.0754 e. The molecule has 11 rings (SSSR count). The van der Waals surface area contributed by atoms with E-state index >= 15 is 0 Å². The van der Waals surface area contributed by atoms with E-state index in [1.54, 1.807) is 0 Å². The standard InChI is InChI=1S/C48H32N2/c1-3-14-31(15-4-1)43-29-34(30-44(49-43)32-16-5-2-6-17-32)33-26-27-45-38(28-33)37-20-13-24-42-47(37)50(45)46-25-12-11-23-41(46)48(42)39-21-9-7-18-35(39)36-19-8-10-22-40(36)48/h1,3-5,7-30H,2,6H2. The van der Waals surface area contributed by atoms with E-state index in [2.05, 4.69) is 174 Å². The molecule has 0 saturated carbocycles. The monoisotopic (exact) mass is 636 g/mol. The Morgan fingerprint density at radius 2 is 1.20 bits per heavy atom. The van der Waals surface area contributed by atoms with Gasteiger partial charge in [0, 0.05) is 16.3 Å². The molecule has 0 N–H and O–H groups in total. The molecule has 0 atom stereocenters. The molecule has 0 bridgehead atoms. The molecule has 2 aliphatic carbocycles. The molecule has 1 aliphatic heterocycles. The number of pyridine rings is 1. The van der Waals surface area contributed by atoms with Crippen LogP contribution in [0.1, 0.15) is 40.8 Å². The zero-order valence-corrected chi connectivity index (χ0v) is 27.5. The van der Waals surface area contributed by atoms with E-state index in [1.807, 2.05) is 0 Å². The zero-order valence-electron chi connectivity index (χ0n) is 27.5. The summed E-state index contributed by atoms with van der Waals surface area (Å²) in [4.78, 5) is 5.18. The SMILES string of the molecule is C1=CC(c2cc(-c3ccc4c(c3)c3cccc5c3n4-c3ccccc3C53c4ccccc4-c4ccccc43)cc(-c3ccccc3)n2)=CCC1. The van der Waals surface area contributed by atoms with Crippen molar-refractivity contribution in [2.75, 3.05) is 0 Å². The third-order valence-corrected chi connectivity index (χ3v) is 11.2. The van der Waals surface area contributed by atoms with E-state index in [1.165, 1.54) is 77.6 Å². The van der Waals surface area contributed by atoms with Gasteiger partial charge in [-0.05, 0) is 93.3 Å². The fourth-order valence-corrected chi connectivity index (χ4v) is 9.15. The maximum absolute atomic E-state index is 5.18. The minimum Gasteiger partial charge on any atom is -0.309 e. The average molecular weight is 637 g/mol. The number of nitrogens with zero attached hydrogens (tertiary/aromatic N) is 2. The molecular formula is C48H32N2. The Hall–Kier alpha value is -6.25. The van der Waals surface area contributed by atoms with Gasteiger partial charge in [-0.1, -0.05) is 140 Å². The zero-order chi connectivity index (χ0) is 32.8. The van der Waals surface area contributed by atoms with Crippen LogP contribution in [0.2, 0.25) is 0 Å². The Morgan fingerprint density at radius 1 is 0.500 bits per heavy atom. The third kappa shape index (κ3) is 3.65. The summed E-state index contributed by atoms with van der Waals surface area (Å²) in [6.45, 7) is 0. The van der Waals surface area contributed by atoms with Crippen molar-refractivity contribution in [3.63, 3.8) is 0 Å². The second kappa shape index (κ2) is 10.4. The lowest BCUT2D eigenvalue weighted by Crippen LogP contribution is -2.33. The van der Waals surface area contributed by atoms with Crippen LogP contribution in [0.25, 0.3) is 66.6 Å². The number of fused-ring (bicyclic) bond motifs is 12. The highest BCUT2D eigenvalue weighted by molar-refractivity contribution is 6.13. The van der Waals surface area contributed by atoms with Crippen molar-refractivity contribution in [3.05, 3.63) is 198 Å². The van der Waals surface area contributed by atoms with Crippen LogP contribution >= 0.6 is 0 Å². The minimum absolute atomic E-state index is 0.400. The van der Waals surface area contributed by atoms with Crippen LogP contribution < -0.4 is 0 Å². The van der Waals surface area contributed by atoms with Gasteiger partial charge in [0.25, 0.3) is 0 Å². The summed E-state index contributed by atoms with van der Waals surface area (Å²) in [5.74, 6) is 0. The number of hydrogen-bond donors (Lipinski definition) is 0. The third-order valence-electron chi connectivity index (χ3n) is 11.2. The van der Waals surface area contributed by atoms with Crippen molar-refractivity contribution < 1.29 is 0 Å².